The molecule has 0 bridgehead atoms. The fraction of sp³-hybridized carbons (Fsp3) is 0.125. The summed E-state index contributed by atoms with van der Waals surface area (Å²) in [5, 5.41) is 1.10. The molecule has 0 atom stereocenters. The van der Waals surface area contributed by atoms with Crippen LogP contribution >= 0.6 is 11.6 Å². The lowest BCUT2D eigenvalue weighted by molar-refractivity contribution is 0.217. The molecule has 0 fully saturated rings. The molecule has 4 aromatic rings. The van der Waals surface area contributed by atoms with Crippen molar-refractivity contribution in [3.05, 3.63) is 93.6 Å². The van der Waals surface area contributed by atoms with Gasteiger partial charge in [-0.05, 0) is 67.1 Å². The van der Waals surface area contributed by atoms with Gasteiger partial charge in [0.2, 0.25) is 0 Å². The molecule has 0 aliphatic heterocycles. The number of fused-ring (bicyclic) bond motifs is 1. The highest BCUT2D eigenvalue weighted by atomic mass is 35.5. The summed E-state index contributed by atoms with van der Waals surface area (Å²) in [7, 11) is 0. The normalized spacial score (nSPS) is 10.8. The van der Waals surface area contributed by atoms with Gasteiger partial charge in [-0.2, -0.15) is 0 Å². The van der Waals surface area contributed by atoms with E-state index in [1.54, 1.807) is 30.3 Å². The molecule has 1 aromatic heterocycles. The molecular weight excluding hydrogens is 388 g/mol. The summed E-state index contributed by atoms with van der Waals surface area (Å²) in [6.07, 6.45) is 0. The number of halogens is 1. The standard InChI is InChI=1S/C24H19ClO4/c1-16-3-2-4-19(13-16)27-11-12-28-20-9-10-23-21(14-20)22(26)15-24(29-23)17-5-7-18(25)8-6-17/h2-10,13-15H,11-12H2,1H3. The quantitative estimate of drug-likeness (QED) is 0.375. The Morgan fingerprint density at radius 2 is 1.59 bits per heavy atom. The van der Waals surface area contributed by atoms with Gasteiger partial charge in [-0.1, -0.05) is 23.7 Å². The first-order valence-electron chi connectivity index (χ1n) is 9.25. The van der Waals surface area contributed by atoms with Crippen LogP contribution in [0, 0.1) is 6.92 Å². The van der Waals surface area contributed by atoms with Crippen molar-refractivity contribution in [3.8, 4) is 22.8 Å². The van der Waals surface area contributed by atoms with Gasteiger partial charge in [0, 0.05) is 16.7 Å². The molecule has 0 N–H and O–H groups in total. The minimum absolute atomic E-state index is 0.127. The van der Waals surface area contributed by atoms with Crippen molar-refractivity contribution < 1.29 is 13.9 Å². The zero-order valence-electron chi connectivity index (χ0n) is 15.9. The molecule has 0 aliphatic carbocycles. The van der Waals surface area contributed by atoms with Crippen molar-refractivity contribution >= 4 is 22.6 Å². The van der Waals surface area contributed by atoms with Gasteiger partial charge in [-0.15, -0.1) is 0 Å². The van der Waals surface area contributed by atoms with E-state index in [9.17, 15) is 4.79 Å². The van der Waals surface area contributed by atoms with E-state index in [1.807, 2.05) is 43.3 Å². The minimum Gasteiger partial charge on any atom is -0.490 e. The Kier molecular flexibility index (Phi) is 5.54. The molecule has 0 saturated carbocycles. The number of benzene rings is 3. The molecule has 4 nitrogen and oxygen atoms in total. The van der Waals surface area contributed by atoms with Crippen LogP contribution in [0.5, 0.6) is 11.5 Å². The van der Waals surface area contributed by atoms with Crippen LogP contribution in [-0.4, -0.2) is 13.2 Å². The highest BCUT2D eigenvalue weighted by Crippen LogP contribution is 2.25. The van der Waals surface area contributed by atoms with Crippen molar-refractivity contribution in [2.45, 2.75) is 6.92 Å². The van der Waals surface area contributed by atoms with Gasteiger partial charge < -0.3 is 13.9 Å². The highest BCUT2D eigenvalue weighted by molar-refractivity contribution is 6.30. The fourth-order valence-corrected chi connectivity index (χ4v) is 3.13. The molecule has 0 spiro atoms. The van der Waals surface area contributed by atoms with E-state index in [0.717, 1.165) is 16.9 Å². The molecule has 1 heterocycles. The van der Waals surface area contributed by atoms with Crippen LogP contribution in [0.15, 0.2) is 82.0 Å². The van der Waals surface area contributed by atoms with Crippen LogP contribution in [-0.2, 0) is 0 Å². The largest absolute Gasteiger partial charge is 0.490 e. The van der Waals surface area contributed by atoms with Crippen molar-refractivity contribution in [3.63, 3.8) is 0 Å². The molecule has 3 aromatic carbocycles. The van der Waals surface area contributed by atoms with Gasteiger partial charge in [-0.25, -0.2) is 0 Å². The van der Waals surface area contributed by atoms with Gasteiger partial charge in [-0.3, -0.25) is 4.79 Å². The number of aryl methyl sites for hydroxylation is 1. The third-order valence-electron chi connectivity index (χ3n) is 4.44. The van der Waals surface area contributed by atoms with Gasteiger partial charge in [0.1, 0.15) is 36.1 Å². The summed E-state index contributed by atoms with van der Waals surface area (Å²) in [6, 6.07) is 21.7. The third kappa shape index (κ3) is 4.61. The predicted molar refractivity (Wildman–Crippen MR) is 115 cm³/mol. The minimum atomic E-state index is -0.127. The van der Waals surface area contributed by atoms with Crippen molar-refractivity contribution in [2.24, 2.45) is 0 Å². The first kappa shape index (κ1) is 19.1. The summed E-state index contributed by atoms with van der Waals surface area (Å²) in [5.74, 6) is 1.90. The molecule has 0 saturated heterocycles. The van der Waals surface area contributed by atoms with E-state index < -0.39 is 0 Å². The number of ether oxygens (including phenoxy) is 2. The fourth-order valence-electron chi connectivity index (χ4n) is 3.01. The van der Waals surface area contributed by atoms with Gasteiger partial charge in [0.05, 0.1) is 5.39 Å². The van der Waals surface area contributed by atoms with E-state index >= 15 is 0 Å². The summed E-state index contributed by atoms with van der Waals surface area (Å²) in [4.78, 5) is 12.6. The Bertz CT molecular complexity index is 1200. The first-order valence-corrected chi connectivity index (χ1v) is 9.62. The van der Waals surface area contributed by atoms with Crippen LogP contribution in [0.1, 0.15) is 5.56 Å². The van der Waals surface area contributed by atoms with Crippen molar-refractivity contribution in [2.75, 3.05) is 13.2 Å². The van der Waals surface area contributed by atoms with E-state index in [0.29, 0.717) is 40.7 Å². The zero-order valence-corrected chi connectivity index (χ0v) is 16.6. The number of rotatable bonds is 6. The molecule has 5 heteroatoms. The molecule has 29 heavy (non-hydrogen) atoms. The van der Waals surface area contributed by atoms with Crippen molar-refractivity contribution in [1.29, 1.82) is 0 Å². The summed E-state index contributed by atoms with van der Waals surface area (Å²) >= 11 is 5.92. The average molecular weight is 407 g/mol. The monoisotopic (exact) mass is 406 g/mol. The molecule has 146 valence electrons. The number of hydrogen-bond donors (Lipinski definition) is 0. The molecule has 0 radical (unpaired) electrons. The Morgan fingerprint density at radius 1 is 0.862 bits per heavy atom. The summed E-state index contributed by atoms with van der Waals surface area (Å²) in [6.45, 7) is 2.79. The molecular formula is C24H19ClO4. The Hall–Kier alpha value is -3.24. The lowest BCUT2D eigenvalue weighted by Gasteiger charge is -2.09. The maximum Gasteiger partial charge on any atom is 0.193 e. The average Bonchev–Trinajstić information content (AvgIpc) is 2.72. The SMILES string of the molecule is Cc1cccc(OCCOc2ccc3oc(-c4ccc(Cl)cc4)cc(=O)c3c2)c1. The molecule has 4 rings (SSSR count). The van der Waals surface area contributed by atoms with Crippen molar-refractivity contribution in [1.82, 2.24) is 0 Å². The van der Waals surface area contributed by atoms with E-state index in [2.05, 4.69) is 0 Å². The van der Waals surface area contributed by atoms with Crippen LogP contribution in [0.25, 0.3) is 22.3 Å². The smallest absolute Gasteiger partial charge is 0.193 e. The highest BCUT2D eigenvalue weighted by Gasteiger charge is 2.08. The molecule has 0 aliphatic rings. The second-order valence-corrected chi connectivity index (χ2v) is 7.09. The molecule has 0 amide bonds. The van der Waals surface area contributed by atoms with Crippen LogP contribution in [0.4, 0.5) is 0 Å². The van der Waals surface area contributed by atoms with E-state index in [4.69, 9.17) is 25.5 Å². The lowest BCUT2D eigenvalue weighted by Crippen LogP contribution is -2.09. The van der Waals surface area contributed by atoms with Crippen LogP contribution < -0.4 is 14.9 Å². The third-order valence-corrected chi connectivity index (χ3v) is 4.69. The Balaban J connectivity index is 1.46. The number of hydrogen-bond acceptors (Lipinski definition) is 4. The van der Waals surface area contributed by atoms with E-state index in [1.165, 1.54) is 6.07 Å². The lowest BCUT2D eigenvalue weighted by atomic mass is 10.1. The van der Waals surface area contributed by atoms with Gasteiger partial charge >= 0.3 is 0 Å². The topological polar surface area (TPSA) is 48.7 Å². The first-order chi connectivity index (χ1) is 14.1. The van der Waals surface area contributed by atoms with Gasteiger partial charge in [0.25, 0.3) is 0 Å². The van der Waals surface area contributed by atoms with Crippen LogP contribution in [0.2, 0.25) is 5.02 Å². The Morgan fingerprint density at radius 3 is 2.31 bits per heavy atom. The van der Waals surface area contributed by atoms with E-state index in [-0.39, 0.29) is 5.43 Å². The maximum absolute atomic E-state index is 12.6. The van der Waals surface area contributed by atoms with Crippen LogP contribution in [0.3, 0.4) is 0 Å². The zero-order chi connectivity index (χ0) is 20.2. The van der Waals surface area contributed by atoms with Gasteiger partial charge in [0.15, 0.2) is 5.43 Å². The second kappa shape index (κ2) is 8.41. The summed E-state index contributed by atoms with van der Waals surface area (Å²) < 4.78 is 17.3. The Labute approximate surface area is 173 Å². The predicted octanol–water partition coefficient (Wildman–Crippen LogP) is 5.88. The summed E-state index contributed by atoms with van der Waals surface area (Å²) in [5.41, 5.74) is 2.31. The second-order valence-electron chi connectivity index (χ2n) is 6.65. The maximum atomic E-state index is 12.6. The molecule has 0 unspecified atom stereocenters.